The van der Waals surface area contributed by atoms with E-state index in [1.54, 1.807) is 4.90 Å². The second-order valence-corrected chi connectivity index (χ2v) is 4.76. The molecule has 0 spiro atoms. The van der Waals surface area contributed by atoms with Crippen molar-refractivity contribution in [3.63, 3.8) is 0 Å². The second kappa shape index (κ2) is 4.56. The monoisotopic (exact) mass is 241 g/mol. The van der Waals surface area contributed by atoms with E-state index in [-0.39, 0.29) is 12.5 Å². The molecule has 2 aliphatic rings. The molecule has 16 heavy (non-hydrogen) atoms. The van der Waals surface area contributed by atoms with Crippen molar-refractivity contribution in [3.8, 4) is 0 Å². The van der Waals surface area contributed by atoms with Gasteiger partial charge >= 0.3 is 6.03 Å². The van der Waals surface area contributed by atoms with Gasteiger partial charge < -0.3 is 10.2 Å². The molecule has 0 saturated heterocycles. The van der Waals surface area contributed by atoms with Crippen LogP contribution >= 0.6 is 0 Å². The van der Waals surface area contributed by atoms with E-state index in [0.29, 0.717) is 26.2 Å². The molecule has 2 N–H and O–H groups in total. The van der Waals surface area contributed by atoms with Crippen LogP contribution in [0.15, 0.2) is 11.1 Å². The third-order valence-corrected chi connectivity index (χ3v) is 3.46. The smallest absolute Gasteiger partial charge is 0.317 e. The third kappa shape index (κ3) is 2.13. The van der Waals surface area contributed by atoms with Crippen LogP contribution in [0.5, 0.6) is 0 Å². The average Bonchev–Trinajstić information content (AvgIpc) is 2.73. The number of hydrogen-bond acceptors (Lipinski definition) is 2. The van der Waals surface area contributed by atoms with Gasteiger partial charge in [0, 0.05) is 26.2 Å². The SMILES string of the molecule is [B]CNC(=O)N1CC2=C(C1)CN(S(=O)O)C2. The molecule has 0 bridgehead atoms. The van der Waals surface area contributed by atoms with Gasteiger partial charge in [0.1, 0.15) is 0 Å². The van der Waals surface area contributed by atoms with Crippen LogP contribution in [0.2, 0.25) is 0 Å². The Balaban J connectivity index is 1.91. The van der Waals surface area contributed by atoms with E-state index in [1.807, 2.05) is 0 Å². The number of urea groups is 1. The molecule has 2 aliphatic heterocycles. The van der Waals surface area contributed by atoms with Gasteiger partial charge in [-0.3, -0.25) is 4.55 Å². The van der Waals surface area contributed by atoms with Crippen molar-refractivity contribution in [1.29, 1.82) is 0 Å². The normalized spacial score (nSPS) is 22.4. The number of amides is 2. The summed E-state index contributed by atoms with van der Waals surface area (Å²) in [6.45, 7) is 1.97. The summed E-state index contributed by atoms with van der Waals surface area (Å²) in [6, 6.07) is -0.187. The fourth-order valence-corrected chi connectivity index (χ4v) is 2.53. The molecule has 86 valence electrons. The summed E-state index contributed by atoms with van der Waals surface area (Å²) in [4.78, 5) is 13.1. The molecule has 0 aromatic carbocycles. The number of carbonyl (C=O) groups is 1. The van der Waals surface area contributed by atoms with E-state index in [4.69, 9.17) is 12.4 Å². The van der Waals surface area contributed by atoms with Crippen molar-refractivity contribution < 1.29 is 13.6 Å². The van der Waals surface area contributed by atoms with E-state index >= 15 is 0 Å². The zero-order chi connectivity index (χ0) is 11.7. The standard InChI is InChI=1S/C8H12BN3O3S/c9-5-10-8(13)11-1-6-3-12(16(14)15)4-7(6)2-11/h1-5H2,(H,10,13)(H,14,15). The maximum atomic E-state index is 11.5. The molecule has 0 saturated carbocycles. The minimum atomic E-state index is -1.92. The molecule has 2 radical (unpaired) electrons. The van der Waals surface area contributed by atoms with E-state index in [2.05, 4.69) is 5.32 Å². The Morgan fingerprint density at radius 2 is 1.94 bits per heavy atom. The lowest BCUT2D eigenvalue weighted by Crippen LogP contribution is -2.41. The molecule has 1 unspecified atom stereocenters. The Bertz CT molecular complexity index is 356. The van der Waals surface area contributed by atoms with Gasteiger partial charge in [0.05, 0.1) is 7.85 Å². The summed E-state index contributed by atoms with van der Waals surface area (Å²) in [5, 5.41) is 2.53. The van der Waals surface area contributed by atoms with Gasteiger partial charge in [-0.2, -0.15) is 4.31 Å². The van der Waals surface area contributed by atoms with Crippen molar-refractivity contribution in [2.75, 3.05) is 32.6 Å². The molecular formula is C8H12BN3O3S. The van der Waals surface area contributed by atoms with Gasteiger partial charge in [0.2, 0.25) is 11.3 Å². The number of carbonyl (C=O) groups excluding carboxylic acids is 1. The number of nitrogens with one attached hydrogen (secondary N) is 1. The van der Waals surface area contributed by atoms with Crippen molar-refractivity contribution in [1.82, 2.24) is 14.5 Å². The summed E-state index contributed by atoms with van der Waals surface area (Å²) in [5.41, 5.74) is 2.13. The quantitative estimate of drug-likeness (QED) is 0.365. The highest BCUT2D eigenvalue weighted by molar-refractivity contribution is 7.76. The summed E-state index contributed by atoms with van der Waals surface area (Å²) in [7, 11) is 5.22. The van der Waals surface area contributed by atoms with Gasteiger partial charge in [-0.05, 0) is 17.6 Å². The predicted octanol–water partition coefficient (Wildman–Crippen LogP) is -1.11. The number of rotatable bonds is 2. The molecular weight excluding hydrogens is 229 g/mol. The van der Waals surface area contributed by atoms with Gasteiger partial charge in [-0.15, -0.1) is 0 Å². The van der Waals surface area contributed by atoms with Crippen molar-refractivity contribution in [2.45, 2.75) is 0 Å². The van der Waals surface area contributed by atoms with Crippen LogP contribution in [0, 0.1) is 0 Å². The lowest BCUT2D eigenvalue weighted by Gasteiger charge is -2.20. The Hall–Kier alpha value is -0.855. The molecule has 2 amide bonds. The Kier molecular flexibility index (Phi) is 3.31. The average molecular weight is 241 g/mol. The van der Waals surface area contributed by atoms with Gasteiger partial charge in [-0.1, -0.05) is 0 Å². The molecule has 2 rings (SSSR count). The lowest BCUT2D eigenvalue weighted by molar-refractivity contribution is 0.210. The maximum Gasteiger partial charge on any atom is 0.317 e. The molecule has 6 nitrogen and oxygen atoms in total. The maximum absolute atomic E-state index is 11.5. The Morgan fingerprint density at radius 1 is 1.38 bits per heavy atom. The lowest BCUT2D eigenvalue weighted by atomic mass is 10.2. The Labute approximate surface area is 97.5 Å². The summed E-state index contributed by atoms with van der Waals surface area (Å²) < 4.78 is 21.2. The Morgan fingerprint density at radius 3 is 2.38 bits per heavy atom. The van der Waals surface area contributed by atoms with Gasteiger partial charge in [-0.25, -0.2) is 9.00 Å². The summed E-state index contributed by atoms with van der Waals surface area (Å²) in [6.07, 6.45) is 0.118. The van der Waals surface area contributed by atoms with Crippen LogP contribution < -0.4 is 5.32 Å². The number of nitrogens with zero attached hydrogens (tertiary/aromatic N) is 2. The van der Waals surface area contributed by atoms with E-state index in [9.17, 15) is 9.00 Å². The van der Waals surface area contributed by atoms with Gasteiger partial charge in [0.15, 0.2) is 0 Å². The zero-order valence-electron chi connectivity index (χ0n) is 8.68. The highest BCUT2D eigenvalue weighted by atomic mass is 32.2. The third-order valence-electron chi connectivity index (χ3n) is 2.76. The first-order valence-electron chi connectivity index (χ1n) is 4.90. The second-order valence-electron chi connectivity index (χ2n) is 3.78. The topological polar surface area (TPSA) is 72.9 Å². The van der Waals surface area contributed by atoms with E-state index < -0.39 is 11.3 Å². The first-order chi connectivity index (χ1) is 7.61. The minimum Gasteiger partial charge on any atom is -0.347 e. The molecule has 2 heterocycles. The zero-order valence-corrected chi connectivity index (χ0v) is 9.50. The molecule has 0 fully saturated rings. The van der Waals surface area contributed by atoms with Crippen LogP contribution in [0.3, 0.4) is 0 Å². The van der Waals surface area contributed by atoms with Crippen LogP contribution in [-0.4, -0.2) is 64.5 Å². The molecule has 0 aromatic rings. The highest BCUT2D eigenvalue weighted by Gasteiger charge is 2.33. The summed E-state index contributed by atoms with van der Waals surface area (Å²) >= 11 is -1.92. The van der Waals surface area contributed by atoms with E-state index in [1.165, 1.54) is 4.31 Å². The molecule has 1 atom stereocenters. The molecule has 0 aromatic heterocycles. The van der Waals surface area contributed by atoms with Crippen molar-refractivity contribution >= 4 is 25.1 Å². The first-order valence-corrected chi connectivity index (χ1v) is 5.96. The molecule has 8 heteroatoms. The van der Waals surface area contributed by atoms with Gasteiger partial charge in [0.25, 0.3) is 0 Å². The molecule has 0 aliphatic carbocycles. The van der Waals surface area contributed by atoms with Crippen molar-refractivity contribution in [2.24, 2.45) is 0 Å². The van der Waals surface area contributed by atoms with Crippen molar-refractivity contribution in [3.05, 3.63) is 11.1 Å². The summed E-state index contributed by atoms with van der Waals surface area (Å²) in [5.74, 6) is 0. The van der Waals surface area contributed by atoms with Crippen LogP contribution in [0.4, 0.5) is 4.79 Å². The number of hydrogen-bond donors (Lipinski definition) is 2. The predicted molar refractivity (Wildman–Crippen MR) is 60.1 cm³/mol. The highest BCUT2D eigenvalue weighted by Crippen LogP contribution is 2.25. The van der Waals surface area contributed by atoms with Crippen LogP contribution in [-0.2, 0) is 11.3 Å². The largest absolute Gasteiger partial charge is 0.347 e. The first kappa shape index (κ1) is 11.6. The van der Waals surface area contributed by atoms with E-state index in [0.717, 1.165) is 11.1 Å². The van der Waals surface area contributed by atoms with Crippen LogP contribution in [0.25, 0.3) is 0 Å². The minimum absolute atomic E-state index is 0.118. The van der Waals surface area contributed by atoms with Crippen LogP contribution in [0.1, 0.15) is 0 Å². The fraction of sp³-hybridized carbons (Fsp3) is 0.625. The fourth-order valence-electron chi connectivity index (χ4n) is 2.00.